The molecule has 0 radical (unpaired) electrons. The second-order valence-electron chi connectivity index (χ2n) is 7.91. The van der Waals surface area contributed by atoms with Gasteiger partial charge in [0.2, 0.25) is 0 Å². The van der Waals surface area contributed by atoms with Crippen LogP contribution in [-0.2, 0) is 4.74 Å². The van der Waals surface area contributed by atoms with Crippen LogP contribution >= 0.6 is 0 Å². The third kappa shape index (κ3) is 3.14. The number of hydrogen-bond donors (Lipinski definition) is 4. The molecule has 1 aliphatic heterocycles. The number of ether oxygens (including phenoxy) is 1. The van der Waals surface area contributed by atoms with Crippen LogP contribution in [0, 0.1) is 0 Å². The fourth-order valence-corrected chi connectivity index (χ4v) is 4.64. The van der Waals surface area contributed by atoms with Crippen LogP contribution < -0.4 is 11.2 Å². The van der Waals surface area contributed by atoms with Crippen molar-refractivity contribution in [3.05, 3.63) is 33.1 Å². The molecule has 1 aliphatic rings. The van der Waals surface area contributed by atoms with E-state index in [-0.39, 0.29) is 5.04 Å². The summed E-state index contributed by atoms with van der Waals surface area (Å²) in [6, 6.07) is 1.13. The Labute approximate surface area is 140 Å². The van der Waals surface area contributed by atoms with Crippen molar-refractivity contribution in [2.24, 2.45) is 0 Å². The number of rotatable bonds is 3. The average Bonchev–Trinajstić information content (AvgIpc) is 2.73. The van der Waals surface area contributed by atoms with Crippen LogP contribution in [-0.4, -0.2) is 57.0 Å². The van der Waals surface area contributed by atoms with E-state index in [2.05, 4.69) is 4.98 Å². The van der Waals surface area contributed by atoms with Crippen molar-refractivity contribution in [2.75, 3.05) is 0 Å². The summed E-state index contributed by atoms with van der Waals surface area (Å²) in [7, 11) is -2.28. The second kappa shape index (κ2) is 6.23. The van der Waals surface area contributed by atoms with E-state index in [1.807, 2.05) is 33.9 Å². The Balaban J connectivity index is 2.33. The van der Waals surface area contributed by atoms with Crippen LogP contribution in [0.5, 0.6) is 0 Å². The molecular formula is C15H26N2O6Si. The molecule has 1 aromatic heterocycles. The molecule has 1 fully saturated rings. The Morgan fingerprint density at radius 3 is 2.33 bits per heavy atom. The molecule has 1 saturated heterocycles. The number of nitrogens with one attached hydrogen (secondary N) is 1. The minimum Gasteiger partial charge on any atom is -0.394 e. The lowest BCUT2D eigenvalue weighted by Crippen LogP contribution is -2.57. The first-order valence-electron chi connectivity index (χ1n) is 7.89. The average molecular weight is 358 g/mol. The molecule has 24 heavy (non-hydrogen) atoms. The zero-order valence-corrected chi connectivity index (χ0v) is 15.6. The molecule has 1 unspecified atom stereocenters. The van der Waals surface area contributed by atoms with Gasteiger partial charge in [0, 0.05) is 12.3 Å². The minimum absolute atomic E-state index is 0.159. The Hall–Kier alpha value is -1.26. The van der Waals surface area contributed by atoms with E-state index in [4.69, 9.17) is 4.74 Å². The molecule has 4 N–H and O–H groups in total. The predicted octanol–water partition coefficient (Wildman–Crippen LogP) is -0.436. The normalized spacial score (nSPS) is 29.7. The minimum atomic E-state index is -2.28. The first-order valence-corrected chi connectivity index (χ1v) is 11.0. The summed E-state index contributed by atoms with van der Waals surface area (Å²) in [6.07, 6.45) is -3.71. The van der Waals surface area contributed by atoms with Gasteiger partial charge in [-0.05, 0) is 5.04 Å². The van der Waals surface area contributed by atoms with Crippen molar-refractivity contribution in [3.63, 3.8) is 0 Å². The molecule has 0 aromatic carbocycles. The maximum absolute atomic E-state index is 11.9. The third-order valence-electron chi connectivity index (χ3n) is 5.38. The summed E-state index contributed by atoms with van der Waals surface area (Å²) in [5, 5.41) is 31.2. The Bertz CT molecular complexity index is 707. The fourth-order valence-electron chi connectivity index (χ4n) is 2.66. The summed E-state index contributed by atoms with van der Waals surface area (Å²) < 4.78 is 6.67. The topological polar surface area (TPSA) is 125 Å². The molecule has 2 heterocycles. The molecule has 8 nitrogen and oxygen atoms in total. The van der Waals surface area contributed by atoms with Crippen LogP contribution in [0.15, 0.2) is 21.9 Å². The van der Waals surface area contributed by atoms with Crippen molar-refractivity contribution >= 4 is 8.07 Å². The van der Waals surface area contributed by atoms with E-state index in [1.54, 1.807) is 0 Å². The maximum Gasteiger partial charge on any atom is 0.330 e. The van der Waals surface area contributed by atoms with Crippen molar-refractivity contribution in [3.8, 4) is 0 Å². The molecule has 9 heteroatoms. The van der Waals surface area contributed by atoms with Gasteiger partial charge in [-0.25, -0.2) is 4.79 Å². The van der Waals surface area contributed by atoms with Gasteiger partial charge >= 0.3 is 5.69 Å². The lowest BCUT2D eigenvalue weighted by Gasteiger charge is -2.43. The molecule has 1 aromatic rings. The lowest BCUT2D eigenvalue weighted by atomic mass is 10.1. The highest BCUT2D eigenvalue weighted by atomic mass is 28.3. The van der Waals surface area contributed by atoms with Crippen LogP contribution in [0.3, 0.4) is 0 Å². The van der Waals surface area contributed by atoms with Gasteiger partial charge in [0.1, 0.15) is 18.3 Å². The Morgan fingerprint density at radius 1 is 1.25 bits per heavy atom. The molecular weight excluding hydrogens is 332 g/mol. The molecule has 2 rings (SSSR count). The Morgan fingerprint density at radius 2 is 1.83 bits per heavy atom. The standard InChI is InChI=1S/C15H26N2O6Si/c1-15(2,3)24(4,5)13(21)11-9(19)10(20)12(23-11)17-7-6-8(18)16-14(17)22/h6-7,9-13,19-21H,1-5H3,(H,16,18,22)/t9-,10+,11-,12+,13?/m0/s1. The Kier molecular flexibility index (Phi) is 4.95. The number of aliphatic hydroxyl groups excluding tert-OH is 3. The van der Waals surface area contributed by atoms with Gasteiger partial charge in [-0.2, -0.15) is 0 Å². The third-order valence-corrected chi connectivity index (χ3v) is 11.1. The highest BCUT2D eigenvalue weighted by molar-refractivity contribution is 6.81. The quantitative estimate of drug-likeness (QED) is 0.543. The van der Waals surface area contributed by atoms with E-state index in [0.717, 1.165) is 10.6 Å². The van der Waals surface area contributed by atoms with Crippen molar-refractivity contribution in [1.82, 2.24) is 9.55 Å². The van der Waals surface area contributed by atoms with Crippen molar-refractivity contribution in [2.45, 2.75) is 69.2 Å². The molecule has 136 valence electrons. The number of aromatic nitrogens is 2. The summed E-state index contributed by atoms with van der Waals surface area (Å²) in [5.74, 6) is 0. The predicted molar refractivity (Wildman–Crippen MR) is 90.5 cm³/mol. The molecule has 0 saturated carbocycles. The zero-order chi connectivity index (χ0) is 18.4. The van der Waals surface area contributed by atoms with E-state index in [1.165, 1.54) is 6.20 Å². The SMILES string of the molecule is CC(C)(C)[Si](C)(C)C(O)[C@H]1O[C@@H](n2ccc(=O)[nH]c2=O)[C@H](O)[C@@H]1O. The van der Waals surface area contributed by atoms with E-state index in [0.29, 0.717) is 0 Å². The van der Waals surface area contributed by atoms with E-state index < -0.39 is 49.6 Å². The maximum atomic E-state index is 11.9. The number of hydrogen-bond acceptors (Lipinski definition) is 6. The second-order valence-corrected chi connectivity index (χ2v) is 13.4. The first kappa shape index (κ1) is 19.1. The first-order chi connectivity index (χ1) is 10.9. The number of H-pyrrole nitrogens is 1. The molecule has 0 bridgehead atoms. The van der Waals surface area contributed by atoms with Crippen LogP contribution in [0.1, 0.15) is 27.0 Å². The van der Waals surface area contributed by atoms with Gasteiger partial charge in [0.25, 0.3) is 5.56 Å². The number of aromatic amines is 1. The zero-order valence-electron chi connectivity index (χ0n) is 14.6. The van der Waals surface area contributed by atoms with Crippen molar-refractivity contribution in [1.29, 1.82) is 0 Å². The molecule has 0 amide bonds. The van der Waals surface area contributed by atoms with Gasteiger partial charge in [-0.3, -0.25) is 14.3 Å². The highest BCUT2D eigenvalue weighted by Gasteiger charge is 2.54. The van der Waals surface area contributed by atoms with Crippen LogP contribution in [0.4, 0.5) is 0 Å². The van der Waals surface area contributed by atoms with Gasteiger partial charge in [0.05, 0.1) is 13.8 Å². The lowest BCUT2D eigenvalue weighted by molar-refractivity contribution is -0.0681. The monoisotopic (exact) mass is 358 g/mol. The van der Waals surface area contributed by atoms with Crippen molar-refractivity contribution < 1.29 is 20.1 Å². The fraction of sp³-hybridized carbons (Fsp3) is 0.733. The van der Waals surface area contributed by atoms with Crippen LogP contribution in [0.2, 0.25) is 18.1 Å². The number of aliphatic hydroxyl groups is 3. The van der Waals surface area contributed by atoms with Gasteiger partial charge in [0.15, 0.2) is 6.23 Å². The van der Waals surface area contributed by atoms with E-state index >= 15 is 0 Å². The smallest absolute Gasteiger partial charge is 0.330 e. The van der Waals surface area contributed by atoms with Gasteiger partial charge < -0.3 is 20.1 Å². The van der Waals surface area contributed by atoms with Crippen LogP contribution in [0.25, 0.3) is 0 Å². The molecule has 0 aliphatic carbocycles. The van der Waals surface area contributed by atoms with E-state index in [9.17, 15) is 24.9 Å². The van der Waals surface area contributed by atoms with Gasteiger partial charge in [-0.1, -0.05) is 33.9 Å². The highest BCUT2D eigenvalue weighted by Crippen LogP contribution is 2.42. The molecule has 5 atom stereocenters. The molecule has 0 spiro atoms. The summed E-state index contributed by atoms with van der Waals surface area (Å²) >= 11 is 0. The number of nitrogens with zero attached hydrogens (tertiary/aromatic N) is 1. The summed E-state index contributed by atoms with van der Waals surface area (Å²) in [4.78, 5) is 25.1. The summed E-state index contributed by atoms with van der Waals surface area (Å²) in [5.41, 5.74) is -2.26. The largest absolute Gasteiger partial charge is 0.394 e. The van der Waals surface area contributed by atoms with Gasteiger partial charge in [-0.15, -0.1) is 0 Å². The summed E-state index contributed by atoms with van der Waals surface area (Å²) in [6.45, 7) is 10.0.